The van der Waals surface area contributed by atoms with Crippen molar-refractivity contribution < 1.29 is 5.11 Å². The number of aliphatic hydroxyl groups excluding tert-OH is 1. The van der Waals surface area contributed by atoms with Gasteiger partial charge >= 0.3 is 0 Å². The fourth-order valence-corrected chi connectivity index (χ4v) is 4.11. The van der Waals surface area contributed by atoms with Crippen LogP contribution in [0, 0.1) is 12.8 Å². The van der Waals surface area contributed by atoms with E-state index in [9.17, 15) is 5.11 Å². The number of pyridine rings is 2. The summed E-state index contributed by atoms with van der Waals surface area (Å²) >= 11 is 0. The van der Waals surface area contributed by atoms with Crippen LogP contribution >= 0.6 is 0 Å². The zero-order chi connectivity index (χ0) is 21.6. The molecule has 0 aromatic carbocycles. The minimum Gasteiger partial charge on any atom is -0.396 e. The number of aliphatic hydroxyl groups is 1. The van der Waals surface area contributed by atoms with Gasteiger partial charge in [-0.2, -0.15) is 0 Å². The molecule has 0 aliphatic heterocycles. The van der Waals surface area contributed by atoms with Gasteiger partial charge in [-0.1, -0.05) is 40.7 Å². The minimum absolute atomic E-state index is 0.217. The Balaban J connectivity index is 2.62. The fourth-order valence-electron chi connectivity index (χ4n) is 4.11. The molecule has 0 fully saturated rings. The van der Waals surface area contributed by atoms with E-state index in [0.717, 1.165) is 54.0 Å². The fraction of sp³-hybridized carbons (Fsp3) is 0.538. The maximum atomic E-state index is 9.49. The number of allylic oxidation sites excluding steroid dienone is 2. The first-order valence-electron chi connectivity index (χ1n) is 11.2. The molecule has 0 unspecified atom stereocenters. The number of hydrogen-bond donors (Lipinski definition) is 1. The van der Waals surface area contributed by atoms with E-state index in [1.54, 1.807) is 0 Å². The minimum atomic E-state index is 0.217. The van der Waals surface area contributed by atoms with Crippen LogP contribution in [0.3, 0.4) is 0 Å². The first-order valence-corrected chi connectivity index (χ1v) is 11.2. The molecule has 0 saturated heterocycles. The predicted molar refractivity (Wildman–Crippen MR) is 124 cm³/mol. The third-order valence-electron chi connectivity index (χ3n) is 5.88. The molecule has 3 heteroatoms. The van der Waals surface area contributed by atoms with Gasteiger partial charge in [0.25, 0.3) is 0 Å². The predicted octanol–water partition coefficient (Wildman–Crippen LogP) is 6.51. The molecular weight excluding hydrogens is 356 g/mol. The molecule has 158 valence electrons. The summed E-state index contributed by atoms with van der Waals surface area (Å²) in [5.41, 5.74) is 9.34. The molecule has 0 spiro atoms. The molecule has 3 nitrogen and oxygen atoms in total. The number of aromatic nitrogens is 2. The number of aryl methyl sites for hydroxylation is 3. The largest absolute Gasteiger partial charge is 0.396 e. The summed E-state index contributed by atoms with van der Waals surface area (Å²) in [6.45, 7) is 15.3. The van der Waals surface area contributed by atoms with Crippen molar-refractivity contribution in [3.8, 4) is 11.3 Å². The van der Waals surface area contributed by atoms with Crippen LogP contribution in [0.5, 0.6) is 0 Å². The van der Waals surface area contributed by atoms with Crippen molar-refractivity contribution in [3.63, 3.8) is 0 Å². The van der Waals surface area contributed by atoms with Gasteiger partial charge in [0.2, 0.25) is 0 Å². The molecular formula is C26H38N2O. The third-order valence-corrected chi connectivity index (χ3v) is 5.88. The molecule has 2 aromatic heterocycles. The second kappa shape index (κ2) is 10.7. The van der Waals surface area contributed by atoms with Gasteiger partial charge in [-0.3, -0.25) is 9.97 Å². The highest BCUT2D eigenvalue weighted by Crippen LogP contribution is 2.34. The number of nitrogens with zero attached hydrogens (tertiary/aromatic N) is 2. The lowest BCUT2D eigenvalue weighted by atomic mass is 9.85. The Morgan fingerprint density at radius 1 is 1.10 bits per heavy atom. The molecule has 0 amide bonds. The first kappa shape index (κ1) is 23.3. The van der Waals surface area contributed by atoms with Crippen molar-refractivity contribution in [2.75, 3.05) is 6.61 Å². The van der Waals surface area contributed by atoms with Crippen LogP contribution in [-0.2, 0) is 12.8 Å². The van der Waals surface area contributed by atoms with Crippen molar-refractivity contribution in [3.05, 3.63) is 52.5 Å². The van der Waals surface area contributed by atoms with Crippen LogP contribution in [0.1, 0.15) is 88.5 Å². The van der Waals surface area contributed by atoms with Crippen LogP contribution in [-0.4, -0.2) is 21.7 Å². The van der Waals surface area contributed by atoms with E-state index in [1.807, 2.05) is 0 Å². The summed E-state index contributed by atoms with van der Waals surface area (Å²) < 4.78 is 0. The Morgan fingerprint density at radius 3 is 2.34 bits per heavy atom. The topological polar surface area (TPSA) is 46.0 Å². The van der Waals surface area contributed by atoms with Gasteiger partial charge in [-0.05, 0) is 86.3 Å². The van der Waals surface area contributed by atoms with Gasteiger partial charge in [0.05, 0.1) is 5.69 Å². The highest BCUT2D eigenvalue weighted by molar-refractivity contribution is 5.74. The average Bonchev–Trinajstić information content (AvgIpc) is 2.73. The Bertz CT molecular complexity index is 852. The maximum absolute atomic E-state index is 9.49. The SMILES string of the molecule is C/C=C(\c1cc(CC)c(-c2ccc(C(C)C)nc2CC)nc1C)[C@@H](CC)CCO. The van der Waals surface area contributed by atoms with Gasteiger partial charge in [-0.25, -0.2) is 0 Å². The summed E-state index contributed by atoms with van der Waals surface area (Å²) in [6, 6.07) is 6.68. The molecule has 2 heterocycles. The van der Waals surface area contributed by atoms with Crippen molar-refractivity contribution in [2.45, 2.75) is 80.1 Å². The maximum Gasteiger partial charge on any atom is 0.0755 e. The second-order valence-corrected chi connectivity index (χ2v) is 8.08. The normalized spacial score (nSPS) is 13.2. The molecule has 2 rings (SSSR count). The Labute approximate surface area is 177 Å². The molecule has 0 aliphatic rings. The summed E-state index contributed by atoms with van der Waals surface area (Å²) in [6.07, 6.45) is 5.83. The lowest BCUT2D eigenvalue weighted by Crippen LogP contribution is -2.09. The quantitative estimate of drug-likeness (QED) is 0.527. The number of hydrogen-bond acceptors (Lipinski definition) is 3. The van der Waals surface area contributed by atoms with Gasteiger partial charge in [0, 0.05) is 29.3 Å². The zero-order valence-corrected chi connectivity index (χ0v) is 19.3. The van der Waals surface area contributed by atoms with Gasteiger partial charge in [0.1, 0.15) is 0 Å². The smallest absolute Gasteiger partial charge is 0.0755 e. The summed E-state index contributed by atoms with van der Waals surface area (Å²) in [5, 5.41) is 9.49. The first-order chi connectivity index (χ1) is 13.9. The van der Waals surface area contributed by atoms with Crippen LogP contribution < -0.4 is 0 Å². The molecule has 1 N–H and O–H groups in total. The molecule has 29 heavy (non-hydrogen) atoms. The van der Waals surface area contributed by atoms with Crippen molar-refractivity contribution in [1.82, 2.24) is 9.97 Å². The lowest BCUT2D eigenvalue weighted by molar-refractivity contribution is 0.270. The monoisotopic (exact) mass is 394 g/mol. The van der Waals surface area contributed by atoms with E-state index in [4.69, 9.17) is 9.97 Å². The zero-order valence-electron chi connectivity index (χ0n) is 19.3. The third kappa shape index (κ3) is 5.14. The van der Waals surface area contributed by atoms with Crippen molar-refractivity contribution >= 4 is 5.57 Å². The van der Waals surface area contributed by atoms with Crippen LogP contribution in [0.25, 0.3) is 16.8 Å². The standard InChI is InChI=1S/C26H38N2O/c1-8-19(14-15-29)21(10-3)23-16-20(9-2)26(27-18(23)7)22-12-13-25(17(5)6)28-24(22)11-4/h10,12-13,16-17,19,29H,8-9,11,14-15H2,1-7H3/b21-10-/t19-/m0/s1. The van der Waals surface area contributed by atoms with E-state index in [0.29, 0.717) is 11.8 Å². The summed E-state index contributed by atoms with van der Waals surface area (Å²) in [4.78, 5) is 10.0. The second-order valence-electron chi connectivity index (χ2n) is 8.08. The van der Waals surface area contributed by atoms with E-state index >= 15 is 0 Å². The molecule has 2 aromatic rings. The Hall–Kier alpha value is -2.00. The summed E-state index contributed by atoms with van der Waals surface area (Å²) in [5.74, 6) is 0.783. The molecule has 0 saturated carbocycles. The van der Waals surface area contributed by atoms with Crippen LogP contribution in [0.4, 0.5) is 0 Å². The van der Waals surface area contributed by atoms with Gasteiger partial charge in [0.15, 0.2) is 0 Å². The highest BCUT2D eigenvalue weighted by Gasteiger charge is 2.20. The van der Waals surface area contributed by atoms with E-state index in [-0.39, 0.29) is 6.61 Å². The Kier molecular flexibility index (Phi) is 8.58. The van der Waals surface area contributed by atoms with E-state index < -0.39 is 0 Å². The molecule has 0 radical (unpaired) electrons. The lowest BCUT2D eigenvalue weighted by Gasteiger charge is -2.22. The van der Waals surface area contributed by atoms with Crippen molar-refractivity contribution in [2.24, 2.45) is 5.92 Å². The Morgan fingerprint density at radius 2 is 1.83 bits per heavy atom. The average molecular weight is 395 g/mol. The summed E-state index contributed by atoms with van der Waals surface area (Å²) in [7, 11) is 0. The van der Waals surface area contributed by atoms with E-state index in [2.05, 4.69) is 72.7 Å². The molecule has 1 atom stereocenters. The molecule has 0 aliphatic carbocycles. The van der Waals surface area contributed by atoms with Gasteiger partial charge in [-0.15, -0.1) is 0 Å². The highest BCUT2D eigenvalue weighted by atomic mass is 16.3. The van der Waals surface area contributed by atoms with Crippen molar-refractivity contribution in [1.29, 1.82) is 0 Å². The van der Waals surface area contributed by atoms with Crippen LogP contribution in [0.2, 0.25) is 0 Å². The number of rotatable bonds is 9. The van der Waals surface area contributed by atoms with Crippen LogP contribution in [0.15, 0.2) is 24.3 Å². The van der Waals surface area contributed by atoms with E-state index in [1.165, 1.54) is 16.7 Å². The molecule has 0 bridgehead atoms. The van der Waals surface area contributed by atoms with Gasteiger partial charge < -0.3 is 5.11 Å².